The highest BCUT2D eigenvalue weighted by Crippen LogP contribution is 2.29. The van der Waals surface area contributed by atoms with Crippen LogP contribution in [0.4, 0.5) is 13.2 Å². The molecule has 2 atom stereocenters. The van der Waals surface area contributed by atoms with Gasteiger partial charge >= 0.3 is 6.18 Å². The number of nitrogens with zero attached hydrogens (tertiary/aromatic N) is 1. The molecule has 0 unspecified atom stereocenters. The average molecular weight is 481 g/mol. The summed E-state index contributed by atoms with van der Waals surface area (Å²) >= 11 is 0. The lowest BCUT2D eigenvalue weighted by Crippen LogP contribution is -2.51. The van der Waals surface area contributed by atoms with Gasteiger partial charge in [-0.25, -0.2) is 0 Å². The van der Waals surface area contributed by atoms with E-state index in [1.165, 1.54) is 17.7 Å². The van der Waals surface area contributed by atoms with E-state index in [1.54, 1.807) is 0 Å². The molecule has 3 nitrogen and oxygen atoms in total. The summed E-state index contributed by atoms with van der Waals surface area (Å²) in [6.07, 6.45) is -1.99. The molecule has 0 saturated carbocycles. The number of nitrogens with one attached hydrogen (secondary N) is 1. The smallest absolute Gasteiger partial charge is 0.335 e. The van der Waals surface area contributed by atoms with Crippen molar-refractivity contribution in [3.8, 4) is 0 Å². The first-order valence-corrected chi connectivity index (χ1v) is 12.0. The van der Waals surface area contributed by atoms with Gasteiger partial charge in [-0.3, -0.25) is 4.79 Å². The number of carbonyl (C=O) groups excluding carboxylic acids is 1. The number of hydrogen-bond donors (Lipinski definition) is 1. The molecule has 0 aromatic heterocycles. The minimum absolute atomic E-state index is 0.0320. The van der Waals surface area contributed by atoms with Gasteiger partial charge < -0.3 is 10.2 Å². The molecule has 4 rings (SSSR count). The molecular weight excluding hydrogens is 449 g/mol. The number of rotatable bonds is 6. The van der Waals surface area contributed by atoms with Crippen LogP contribution in [-0.2, 0) is 19.1 Å². The van der Waals surface area contributed by atoms with Crippen LogP contribution in [0.3, 0.4) is 0 Å². The number of likely N-dealkylation sites (tertiary alicyclic amines) is 1. The van der Waals surface area contributed by atoms with Gasteiger partial charge in [0, 0.05) is 30.7 Å². The van der Waals surface area contributed by atoms with Gasteiger partial charge in [-0.15, -0.1) is 0 Å². The van der Waals surface area contributed by atoms with E-state index in [-0.39, 0.29) is 18.0 Å². The third kappa shape index (κ3) is 6.51. The van der Waals surface area contributed by atoms with Crippen LogP contribution >= 0.6 is 0 Å². The van der Waals surface area contributed by atoms with Gasteiger partial charge in [0.05, 0.1) is 5.56 Å². The summed E-state index contributed by atoms with van der Waals surface area (Å²) in [5, 5.41) is 3.51. The molecule has 1 heterocycles. The van der Waals surface area contributed by atoms with Gasteiger partial charge in [-0.1, -0.05) is 59.7 Å². The van der Waals surface area contributed by atoms with Crippen LogP contribution in [-0.4, -0.2) is 29.4 Å². The first-order valence-electron chi connectivity index (χ1n) is 12.0. The zero-order valence-electron chi connectivity index (χ0n) is 20.1. The summed E-state index contributed by atoms with van der Waals surface area (Å²) in [6.45, 7) is 5.13. The number of aryl methyl sites for hydroxylation is 2. The Morgan fingerprint density at radius 3 is 2.23 bits per heavy atom. The van der Waals surface area contributed by atoms with Crippen molar-refractivity contribution in [2.75, 3.05) is 6.54 Å². The number of halogens is 3. The van der Waals surface area contributed by atoms with Crippen LogP contribution in [0.25, 0.3) is 0 Å². The minimum Gasteiger partial charge on any atom is -0.335 e. The van der Waals surface area contributed by atoms with Crippen LogP contribution in [0.1, 0.15) is 51.0 Å². The van der Waals surface area contributed by atoms with Gasteiger partial charge in [0.15, 0.2) is 0 Å². The highest BCUT2D eigenvalue weighted by molar-refractivity contribution is 5.95. The van der Waals surface area contributed by atoms with Crippen molar-refractivity contribution >= 4 is 5.91 Å². The maximum Gasteiger partial charge on any atom is 0.416 e. The quantitative estimate of drug-likeness (QED) is 0.447. The van der Waals surface area contributed by atoms with E-state index in [1.807, 2.05) is 49.1 Å². The van der Waals surface area contributed by atoms with E-state index < -0.39 is 11.7 Å². The second kappa shape index (κ2) is 10.6. The summed E-state index contributed by atoms with van der Waals surface area (Å²) < 4.78 is 38.5. The van der Waals surface area contributed by atoms with E-state index in [2.05, 4.69) is 23.5 Å². The maximum atomic E-state index is 13.5. The van der Waals surface area contributed by atoms with Gasteiger partial charge in [-0.05, 0) is 68.5 Å². The number of alkyl halides is 3. The van der Waals surface area contributed by atoms with E-state index in [4.69, 9.17) is 0 Å². The SMILES string of the molecule is Cc1cc(C)cc(C(=O)N2CC[C@H](NCc3ccc(C(F)(F)F)cc3)C[C@H]2Cc2ccccc2)c1. The van der Waals surface area contributed by atoms with Gasteiger partial charge in [0.2, 0.25) is 0 Å². The van der Waals surface area contributed by atoms with E-state index in [0.717, 1.165) is 53.6 Å². The monoisotopic (exact) mass is 480 g/mol. The number of carbonyl (C=O) groups is 1. The molecule has 1 N–H and O–H groups in total. The predicted octanol–water partition coefficient (Wildman–Crippen LogP) is 6.33. The second-order valence-electron chi connectivity index (χ2n) is 9.52. The van der Waals surface area contributed by atoms with Crippen molar-refractivity contribution in [3.05, 3.63) is 106 Å². The topological polar surface area (TPSA) is 32.3 Å². The Morgan fingerprint density at radius 2 is 1.60 bits per heavy atom. The van der Waals surface area contributed by atoms with Crippen LogP contribution in [0.5, 0.6) is 0 Å². The van der Waals surface area contributed by atoms with Crippen molar-refractivity contribution in [2.45, 2.75) is 57.9 Å². The largest absolute Gasteiger partial charge is 0.416 e. The van der Waals surface area contributed by atoms with Crippen LogP contribution in [0.15, 0.2) is 72.8 Å². The average Bonchev–Trinajstić information content (AvgIpc) is 2.82. The fraction of sp³-hybridized carbons (Fsp3) is 0.345. The molecule has 35 heavy (non-hydrogen) atoms. The maximum absolute atomic E-state index is 13.5. The first-order chi connectivity index (χ1) is 16.7. The van der Waals surface area contributed by atoms with E-state index in [0.29, 0.717) is 13.1 Å². The summed E-state index contributed by atoms with van der Waals surface area (Å²) in [5.74, 6) is 0.0546. The number of piperidine rings is 1. The Hall–Kier alpha value is -3.12. The van der Waals surface area contributed by atoms with Crippen molar-refractivity contribution in [3.63, 3.8) is 0 Å². The molecule has 1 saturated heterocycles. The Labute approximate surface area is 205 Å². The zero-order chi connectivity index (χ0) is 25.0. The lowest BCUT2D eigenvalue weighted by atomic mass is 9.91. The van der Waals surface area contributed by atoms with E-state index in [9.17, 15) is 18.0 Å². The summed E-state index contributed by atoms with van der Waals surface area (Å²) in [7, 11) is 0. The third-order valence-corrected chi connectivity index (χ3v) is 6.64. The Bertz CT molecular complexity index is 1120. The molecule has 1 fully saturated rings. The van der Waals surface area contributed by atoms with Crippen LogP contribution < -0.4 is 5.32 Å². The molecular formula is C29H31F3N2O. The van der Waals surface area contributed by atoms with Crippen LogP contribution in [0.2, 0.25) is 0 Å². The minimum atomic E-state index is -4.33. The van der Waals surface area contributed by atoms with E-state index >= 15 is 0 Å². The molecule has 0 aliphatic carbocycles. The van der Waals surface area contributed by atoms with Crippen molar-refractivity contribution in [1.29, 1.82) is 0 Å². The Balaban J connectivity index is 1.46. The molecule has 6 heteroatoms. The molecule has 1 amide bonds. The fourth-order valence-electron chi connectivity index (χ4n) is 4.92. The normalized spacial score (nSPS) is 18.5. The highest BCUT2D eigenvalue weighted by Gasteiger charge is 2.33. The van der Waals surface area contributed by atoms with Crippen LogP contribution in [0, 0.1) is 13.8 Å². The number of benzene rings is 3. The Kier molecular flexibility index (Phi) is 7.60. The summed E-state index contributed by atoms with van der Waals surface area (Å²) in [4.78, 5) is 15.5. The molecule has 0 radical (unpaired) electrons. The molecule has 1 aliphatic rings. The zero-order valence-corrected chi connectivity index (χ0v) is 20.1. The number of amides is 1. The number of hydrogen-bond acceptors (Lipinski definition) is 2. The fourth-order valence-corrected chi connectivity index (χ4v) is 4.92. The second-order valence-corrected chi connectivity index (χ2v) is 9.52. The Morgan fingerprint density at radius 1 is 0.943 bits per heavy atom. The standard InChI is InChI=1S/C29H31F3N2O/c1-20-14-21(2)16-24(15-20)28(35)34-13-12-26(18-27(34)17-22-6-4-3-5-7-22)33-19-23-8-10-25(11-9-23)29(30,31)32/h3-11,14-16,26-27,33H,12-13,17-19H2,1-2H3/t26-,27+/m0/s1. The molecule has 0 spiro atoms. The molecule has 1 aliphatic heterocycles. The van der Waals surface area contributed by atoms with Gasteiger partial charge in [0.1, 0.15) is 0 Å². The molecule has 3 aromatic carbocycles. The molecule has 184 valence electrons. The predicted molar refractivity (Wildman–Crippen MR) is 132 cm³/mol. The van der Waals surface area contributed by atoms with Crippen molar-refractivity contribution in [1.82, 2.24) is 10.2 Å². The van der Waals surface area contributed by atoms with Gasteiger partial charge in [0.25, 0.3) is 5.91 Å². The summed E-state index contributed by atoms with van der Waals surface area (Å²) in [6, 6.07) is 21.6. The summed E-state index contributed by atoms with van der Waals surface area (Å²) in [5.41, 5.74) is 4.21. The van der Waals surface area contributed by atoms with Gasteiger partial charge in [-0.2, -0.15) is 13.2 Å². The highest BCUT2D eigenvalue weighted by atomic mass is 19.4. The third-order valence-electron chi connectivity index (χ3n) is 6.64. The lowest BCUT2D eigenvalue weighted by Gasteiger charge is -2.40. The lowest BCUT2D eigenvalue weighted by molar-refractivity contribution is -0.137. The molecule has 0 bridgehead atoms. The van der Waals surface area contributed by atoms with Crippen molar-refractivity contribution < 1.29 is 18.0 Å². The van der Waals surface area contributed by atoms with Crippen molar-refractivity contribution in [2.24, 2.45) is 0 Å². The molecule has 3 aromatic rings. The first kappa shape index (κ1) is 25.0.